The predicted molar refractivity (Wildman–Crippen MR) is 65.9 cm³/mol. The molecule has 0 aromatic carbocycles. The van der Waals surface area contributed by atoms with Gasteiger partial charge in [0.25, 0.3) is 10.2 Å². The maximum Gasteiger partial charge on any atom is 0.279 e. The third-order valence-electron chi connectivity index (χ3n) is 2.09. The summed E-state index contributed by atoms with van der Waals surface area (Å²) in [6.45, 7) is 2.12. The quantitative estimate of drug-likeness (QED) is 0.458. The van der Waals surface area contributed by atoms with E-state index in [9.17, 15) is 8.42 Å². The standard InChI is InChI=1S/C9H23N3O4S/c1-15-8-5-11-17(13,14)12(6-3-4-10)7-9-16-2/h11H,3-10H2,1-2H3. The van der Waals surface area contributed by atoms with E-state index < -0.39 is 10.2 Å². The second-order valence-corrected chi connectivity index (χ2v) is 5.18. The van der Waals surface area contributed by atoms with Gasteiger partial charge in [-0.1, -0.05) is 0 Å². The third kappa shape index (κ3) is 7.63. The Balaban J connectivity index is 4.30. The van der Waals surface area contributed by atoms with Crippen molar-refractivity contribution in [3.8, 4) is 0 Å². The van der Waals surface area contributed by atoms with Gasteiger partial charge in [0.2, 0.25) is 0 Å². The molecule has 0 bridgehead atoms. The average molecular weight is 269 g/mol. The summed E-state index contributed by atoms with van der Waals surface area (Å²) in [5.74, 6) is 0. The fraction of sp³-hybridized carbons (Fsp3) is 1.00. The fourth-order valence-corrected chi connectivity index (χ4v) is 2.39. The number of nitrogens with zero attached hydrogens (tertiary/aromatic N) is 1. The summed E-state index contributed by atoms with van der Waals surface area (Å²) < 4.78 is 37.2. The smallest absolute Gasteiger partial charge is 0.279 e. The van der Waals surface area contributed by atoms with Crippen LogP contribution in [0.25, 0.3) is 0 Å². The summed E-state index contributed by atoms with van der Waals surface area (Å²) in [6, 6.07) is 0. The van der Waals surface area contributed by atoms with E-state index in [0.717, 1.165) is 0 Å². The van der Waals surface area contributed by atoms with Gasteiger partial charge in [-0.25, -0.2) is 0 Å². The molecule has 0 rings (SSSR count). The first-order valence-electron chi connectivity index (χ1n) is 5.51. The number of hydrogen-bond donors (Lipinski definition) is 2. The highest BCUT2D eigenvalue weighted by Crippen LogP contribution is 1.99. The minimum absolute atomic E-state index is 0.255. The molecule has 3 N–H and O–H groups in total. The summed E-state index contributed by atoms with van der Waals surface area (Å²) in [5, 5.41) is 0. The molecule has 0 saturated heterocycles. The van der Waals surface area contributed by atoms with Crippen molar-refractivity contribution in [2.45, 2.75) is 6.42 Å². The van der Waals surface area contributed by atoms with Crippen molar-refractivity contribution < 1.29 is 17.9 Å². The van der Waals surface area contributed by atoms with Gasteiger partial charge in [0.1, 0.15) is 0 Å². The maximum atomic E-state index is 11.9. The number of hydrogen-bond acceptors (Lipinski definition) is 5. The Hall–Kier alpha value is -0.250. The molecule has 0 aliphatic rings. The zero-order chi connectivity index (χ0) is 13.1. The van der Waals surface area contributed by atoms with E-state index in [-0.39, 0.29) is 6.54 Å². The first-order valence-corrected chi connectivity index (χ1v) is 6.95. The zero-order valence-corrected chi connectivity index (χ0v) is 11.3. The molecule has 0 aliphatic heterocycles. The lowest BCUT2D eigenvalue weighted by Crippen LogP contribution is -2.44. The van der Waals surface area contributed by atoms with E-state index in [1.165, 1.54) is 18.5 Å². The molecular formula is C9H23N3O4S. The molecule has 0 heterocycles. The molecule has 0 aromatic rings. The van der Waals surface area contributed by atoms with Gasteiger partial charge in [0.05, 0.1) is 13.2 Å². The summed E-state index contributed by atoms with van der Waals surface area (Å²) in [7, 11) is -0.418. The fourth-order valence-electron chi connectivity index (χ4n) is 1.18. The first-order chi connectivity index (χ1) is 8.08. The Bertz CT molecular complexity index is 263. The Kier molecular flexibility index (Phi) is 9.60. The zero-order valence-electron chi connectivity index (χ0n) is 10.5. The van der Waals surface area contributed by atoms with Crippen molar-refractivity contribution in [3.63, 3.8) is 0 Å². The molecule has 0 spiro atoms. The van der Waals surface area contributed by atoms with Gasteiger partial charge >= 0.3 is 0 Å². The van der Waals surface area contributed by atoms with Gasteiger partial charge in [0, 0.05) is 33.9 Å². The van der Waals surface area contributed by atoms with Crippen molar-refractivity contribution >= 4 is 10.2 Å². The van der Waals surface area contributed by atoms with Gasteiger partial charge in [-0.15, -0.1) is 0 Å². The van der Waals surface area contributed by atoms with Crippen LogP contribution in [0.2, 0.25) is 0 Å². The molecule has 7 nitrogen and oxygen atoms in total. The minimum atomic E-state index is -3.47. The third-order valence-corrected chi connectivity index (χ3v) is 3.70. The van der Waals surface area contributed by atoms with E-state index >= 15 is 0 Å². The molecule has 0 atom stereocenters. The van der Waals surface area contributed by atoms with Gasteiger partial charge in [0.15, 0.2) is 0 Å². The Labute approximate surface area is 103 Å². The van der Waals surface area contributed by atoms with Gasteiger partial charge in [-0.05, 0) is 13.0 Å². The molecule has 17 heavy (non-hydrogen) atoms. The minimum Gasteiger partial charge on any atom is -0.383 e. The topological polar surface area (TPSA) is 93.9 Å². The van der Waals surface area contributed by atoms with E-state index in [1.54, 1.807) is 0 Å². The van der Waals surface area contributed by atoms with Crippen LogP contribution < -0.4 is 10.5 Å². The van der Waals surface area contributed by atoms with Crippen LogP contribution in [0.4, 0.5) is 0 Å². The van der Waals surface area contributed by atoms with Crippen LogP contribution >= 0.6 is 0 Å². The van der Waals surface area contributed by atoms with Gasteiger partial charge in [-0.3, -0.25) is 0 Å². The molecule has 0 fully saturated rings. The van der Waals surface area contributed by atoms with Crippen LogP contribution in [-0.4, -0.2) is 66.3 Å². The Morgan fingerprint density at radius 1 is 1.18 bits per heavy atom. The van der Waals surface area contributed by atoms with Crippen molar-refractivity contribution in [1.82, 2.24) is 9.03 Å². The number of ether oxygens (including phenoxy) is 2. The van der Waals surface area contributed by atoms with Gasteiger partial charge in [-0.2, -0.15) is 17.4 Å². The Morgan fingerprint density at radius 2 is 1.82 bits per heavy atom. The van der Waals surface area contributed by atoms with Gasteiger partial charge < -0.3 is 15.2 Å². The van der Waals surface area contributed by atoms with Crippen LogP contribution in [0.1, 0.15) is 6.42 Å². The lowest BCUT2D eigenvalue weighted by atomic mass is 10.4. The molecule has 0 radical (unpaired) electrons. The Morgan fingerprint density at radius 3 is 2.35 bits per heavy atom. The van der Waals surface area contributed by atoms with Crippen LogP contribution in [0.3, 0.4) is 0 Å². The van der Waals surface area contributed by atoms with Crippen molar-refractivity contribution in [3.05, 3.63) is 0 Å². The second-order valence-electron chi connectivity index (χ2n) is 3.43. The van der Waals surface area contributed by atoms with Crippen molar-refractivity contribution in [2.75, 3.05) is 53.6 Å². The number of rotatable bonds is 11. The first kappa shape index (κ1) is 16.8. The normalized spacial score (nSPS) is 12.2. The van der Waals surface area contributed by atoms with E-state index in [0.29, 0.717) is 39.3 Å². The molecule has 104 valence electrons. The molecule has 0 saturated carbocycles. The molecule has 0 aromatic heterocycles. The average Bonchev–Trinajstić information content (AvgIpc) is 2.29. The molecule has 0 unspecified atom stereocenters. The lowest BCUT2D eigenvalue weighted by Gasteiger charge is -2.21. The highest BCUT2D eigenvalue weighted by molar-refractivity contribution is 7.87. The monoisotopic (exact) mass is 269 g/mol. The largest absolute Gasteiger partial charge is 0.383 e. The van der Waals surface area contributed by atoms with E-state index in [1.807, 2.05) is 0 Å². The number of methoxy groups -OCH3 is 2. The summed E-state index contributed by atoms with van der Waals surface area (Å²) in [6.07, 6.45) is 0.620. The predicted octanol–water partition coefficient (Wildman–Crippen LogP) is -1.24. The SMILES string of the molecule is COCCNS(=O)(=O)N(CCCN)CCOC. The molecule has 0 amide bonds. The molecular weight excluding hydrogens is 246 g/mol. The molecule has 0 aliphatic carbocycles. The van der Waals surface area contributed by atoms with E-state index in [4.69, 9.17) is 15.2 Å². The van der Waals surface area contributed by atoms with Crippen molar-refractivity contribution in [2.24, 2.45) is 5.73 Å². The molecule has 8 heteroatoms. The van der Waals surface area contributed by atoms with Crippen LogP contribution in [0.15, 0.2) is 0 Å². The van der Waals surface area contributed by atoms with Crippen LogP contribution in [-0.2, 0) is 19.7 Å². The van der Waals surface area contributed by atoms with Crippen molar-refractivity contribution in [1.29, 1.82) is 0 Å². The second kappa shape index (κ2) is 9.75. The highest BCUT2D eigenvalue weighted by atomic mass is 32.2. The summed E-state index contributed by atoms with van der Waals surface area (Å²) >= 11 is 0. The maximum absolute atomic E-state index is 11.9. The summed E-state index contributed by atoms with van der Waals surface area (Å²) in [5.41, 5.74) is 5.38. The summed E-state index contributed by atoms with van der Waals surface area (Å²) in [4.78, 5) is 0. The van der Waals surface area contributed by atoms with E-state index in [2.05, 4.69) is 4.72 Å². The number of nitrogens with one attached hydrogen (secondary N) is 1. The highest BCUT2D eigenvalue weighted by Gasteiger charge is 2.20. The van der Waals surface area contributed by atoms with Crippen LogP contribution in [0.5, 0.6) is 0 Å². The number of nitrogens with two attached hydrogens (primary N) is 1. The van der Waals surface area contributed by atoms with Crippen LogP contribution in [0, 0.1) is 0 Å². The lowest BCUT2D eigenvalue weighted by molar-refractivity contribution is 0.177.